The molecule has 0 aliphatic rings. The topological polar surface area (TPSA) is 52.0 Å². The molecule has 3 rings (SSSR count). The Kier molecular flexibility index (Phi) is 5.50. The predicted octanol–water partition coefficient (Wildman–Crippen LogP) is 5.87. The maximum atomic E-state index is 6.53. The maximum Gasteiger partial charge on any atom is 0.0390 e. The van der Waals surface area contributed by atoms with Crippen molar-refractivity contribution in [3.63, 3.8) is 0 Å². The predicted molar refractivity (Wildman–Crippen MR) is 114 cm³/mol. The van der Waals surface area contributed by atoms with Crippen LogP contribution in [0, 0.1) is 6.92 Å². The zero-order valence-electron chi connectivity index (χ0n) is 14.0. The third kappa shape index (κ3) is 4.25. The van der Waals surface area contributed by atoms with E-state index in [0.29, 0.717) is 0 Å². The summed E-state index contributed by atoms with van der Waals surface area (Å²) >= 11 is 6.95. The number of benzene rings is 3. The minimum atomic E-state index is 0.775. The summed E-state index contributed by atoms with van der Waals surface area (Å²) in [6.07, 6.45) is 1.56. The maximum absolute atomic E-state index is 6.53. The van der Waals surface area contributed by atoms with Crippen molar-refractivity contribution in [3.05, 3.63) is 91.4 Å². The smallest absolute Gasteiger partial charge is 0.0390 e. The van der Waals surface area contributed by atoms with Gasteiger partial charge in [0.25, 0.3) is 0 Å². The van der Waals surface area contributed by atoms with E-state index in [0.717, 1.165) is 49.9 Å². The molecule has 0 aliphatic heterocycles. The summed E-state index contributed by atoms with van der Waals surface area (Å²) in [5.74, 6) is 0. The average molecular weight is 460 g/mol. The van der Waals surface area contributed by atoms with Crippen LogP contribution >= 0.6 is 31.9 Å². The van der Waals surface area contributed by atoms with Gasteiger partial charge < -0.3 is 11.5 Å². The molecule has 0 bridgehead atoms. The number of hydrogen-bond acceptors (Lipinski definition) is 2. The normalized spacial score (nSPS) is 10.8. The molecule has 4 heteroatoms. The molecule has 0 heterocycles. The fourth-order valence-corrected chi connectivity index (χ4v) is 3.48. The third-order valence-electron chi connectivity index (χ3n) is 4.49. The number of hydrogen-bond donors (Lipinski definition) is 2. The minimum absolute atomic E-state index is 0.775. The number of anilines is 2. The molecule has 4 N–H and O–H groups in total. The SMILES string of the molecule is Cc1c(N)cc(Cc2ccc(Br)cc2)c(N)c1Cc1ccc(Br)cc1. The van der Waals surface area contributed by atoms with Gasteiger partial charge in [0.05, 0.1) is 0 Å². The lowest BCUT2D eigenvalue weighted by Crippen LogP contribution is -2.07. The Hall–Kier alpha value is -1.78. The Bertz CT molecular complexity index is 885. The van der Waals surface area contributed by atoms with E-state index in [-0.39, 0.29) is 0 Å². The van der Waals surface area contributed by atoms with Crippen molar-refractivity contribution in [3.8, 4) is 0 Å². The van der Waals surface area contributed by atoms with Gasteiger partial charge in [-0.15, -0.1) is 0 Å². The average Bonchev–Trinajstić information content (AvgIpc) is 2.60. The van der Waals surface area contributed by atoms with Gasteiger partial charge in [-0.25, -0.2) is 0 Å². The van der Waals surface area contributed by atoms with Crippen LogP contribution in [-0.2, 0) is 12.8 Å². The molecule has 3 aromatic carbocycles. The molecule has 3 aromatic rings. The van der Waals surface area contributed by atoms with Gasteiger partial charge in [-0.1, -0.05) is 56.1 Å². The Morgan fingerprint density at radius 3 is 1.76 bits per heavy atom. The minimum Gasteiger partial charge on any atom is -0.398 e. The highest BCUT2D eigenvalue weighted by Crippen LogP contribution is 2.31. The molecule has 0 radical (unpaired) electrons. The van der Waals surface area contributed by atoms with E-state index < -0.39 is 0 Å². The molecule has 2 nitrogen and oxygen atoms in total. The molecule has 0 spiro atoms. The van der Waals surface area contributed by atoms with Crippen LogP contribution in [-0.4, -0.2) is 0 Å². The lowest BCUT2D eigenvalue weighted by atomic mass is 9.92. The second-order valence-electron chi connectivity index (χ2n) is 6.25. The summed E-state index contributed by atoms with van der Waals surface area (Å²) in [7, 11) is 0. The summed E-state index contributed by atoms with van der Waals surface area (Å²) in [6.45, 7) is 2.04. The standard InChI is InChI=1S/C21H20Br2N2/c1-13-19(11-15-4-8-18(23)9-5-15)21(25)16(12-20(13)24)10-14-2-6-17(22)7-3-14/h2-9,12H,10-11,24-25H2,1H3. The van der Waals surface area contributed by atoms with Crippen LogP contribution < -0.4 is 11.5 Å². The number of nitrogens with two attached hydrogens (primary N) is 2. The summed E-state index contributed by atoms with van der Waals surface area (Å²) in [6, 6.07) is 18.6. The molecular weight excluding hydrogens is 440 g/mol. The van der Waals surface area contributed by atoms with Crippen molar-refractivity contribution in [1.29, 1.82) is 0 Å². The zero-order valence-corrected chi connectivity index (χ0v) is 17.2. The molecule has 0 fully saturated rings. The largest absolute Gasteiger partial charge is 0.398 e. The first kappa shape index (κ1) is 18.0. The lowest BCUT2D eigenvalue weighted by molar-refractivity contribution is 1.12. The van der Waals surface area contributed by atoms with E-state index in [2.05, 4.69) is 68.3 Å². The Labute approximate surface area is 165 Å². The van der Waals surface area contributed by atoms with Crippen LogP contribution in [0.3, 0.4) is 0 Å². The first-order valence-corrected chi connectivity index (χ1v) is 9.68. The highest BCUT2D eigenvalue weighted by atomic mass is 79.9. The summed E-state index contributed by atoms with van der Waals surface area (Å²) in [4.78, 5) is 0. The molecule has 128 valence electrons. The molecule has 0 aromatic heterocycles. The van der Waals surface area contributed by atoms with Gasteiger partial charge in [0.15, 0.2) is 0 Å². The van der Waals surface area contributed by atoms with Crippen LogP contribution in [0.15, 0.2) is 63.5 Å². The summed E-state index contributed by atoms with van der Waals surface area (Å²) in [5.41, 5.74) is 20.2. The Morgan fingerprint density at radius 1 is 0.760 bits per heavy atom. The van der Waals surface area contributed by atoms with Crippen molar-refractivity contribution in [2.75, 3.05) is 11.5 Å². The van der Waals surface area contributed by atoms with Gasteiger partial charge in [0.1, 0.15) is 0 Å². The summed E-state index contributed by atoms with van der Waals surface area (Å²) in [5, 5.41) is 0. The second-order valence-corrected chi connectivity index (χ2v) is 8.08. The molecular formula is C21H20Br2N2. The Morgan fingerprint density at radius 2 is 1.24 bits per heavy atom. The molecule has 0 saturated carbocycles. The van der Waals surface area contributed by atoms with Crippen molar-refractivity contribution in [1.82, 2.24) is 0 Å². The van der Waals surface area contributed by atoms with Crippen LogP contribution in [0.2, 0.25) is 0 Å². The van der Waals surface area contributed by atoms with Gasteiger partial charge in [-0.2, -0.15) is 0 Å². The Balaban J connectivity index is 1.96. The third-order valence-corrected chi connectivity index (χ3v) is 5.55. The lowest BCUT2D eigenvalue weighted by Gasteiger charge is -2.17. The highest BCUT2D eigenvalue weighted by Gasteiger charge is 2.13. The first-order valence-electron chi connectivity index (χ1n) is 8.09. The highest BCUT2D eigenvalue weighted by molar-refractivity contribution is 9.10. The van der Waals surface area contributed by atoms with E-state index in [1.54, 1.807) is 0 Å². The van der Waals surface area contributed by atoms with Gasteiger partial charge in [0.2, 0.25) is 0 Å². The second kappa shape index (κ2) is 7.63. The fourth-order valence-electron chi connectivity index (χ4n) is 2.95. The van der Waals surface area contributed by atoms with Crippen molar-refractivity contribution < 1.29 is 0 Å². The van der Waals surface area contributed by atoms with E-state index in [1.165, 1.54) is 11.1 Å². The molecule has 25 heavy (non-hydrogen) atoms. The van der Waals surface area contributed by atoms with E-state index in [9.17, 15) is 0 Å². The molecule has 0 unspecified atom stereocenters. The monoisotopic (exact) mass is 458 g/mol. The van der Waals surface area contributed by atoms with Gasteiger partial charge in [0, 0.05) is 20.3 Å². The van der Waals surface area contributed by atoms with Gasteiger partial charge >= 0.3 is 0 Å². The van der Waals surface area contributed by atoms with Gasteiger partial charge in [-0.05, 0) is 77.9 Å². The zero-order chi connectivity index (χ0) is 18.0. The first-order chi connectivity index (χ1) is 11.9. The van der Waals surface area contributed by atoms with Crippen molar-refractivity contribution in [2.24, 2.45) is 0 Å². The van der Waals surface area contributed by atoms with Crippen molar-refractivity contribution in [2.45, 2.75) is 19.8 Å². The molecule has 0 atom stereocenters. The van der Waals surface area contributed by atoms with Crippen LogP contribution in [0.4, 0.5) is 11.4 Å². The van der Waals surface area contributed by atoms with Gasteiger partial charge in [-0.3, -0.25) is 0 Å². The molecule has 0 saturated heterocycles. The summed E-state index contributed by atoms with van der Waals surface area (Å²) < 4.78 is 2.15. The molecule has 0 aliphatic carbocycles. The number of halogens is 2. The van der Waals surface area contributed by atoms with Crippen LogP contribution in [0.1, 0.15) is 27.8 Å². The van der Waals surface area contributed by atoms with Crippen LogP contribution in [0.5, 0.6) is 0 Å². The van der Waals surface area contributed by atoms with E-state index in [1.807, 2.05) is 25.1 Å². The van der Waals surface area contributed by atoms with Crippen LogP contribution in [0.25, 0.3) is 0 Å². The van der Waals surface area contributed by atoms with E-state index >= 15 is 0 Å². The quantitative estimate of drug-likeness (QED) is 0.479. The number of nitrogen functional groups attached to an aromatic ring is 2. The molecule has 0 amide bonds. The number of rotatable bonds is 4. The fraction of sp³-hybridized carbons (Fsp3) is 0.143. The van der Waals surface area contributed by atoms with Crippen molar-refractivity contribution >= 4 is 43.2 Å². The van der Waals surface area contributed by atoms with E-state index in [4.69, 9.17) is 11.5 Å².